The minimum absolute atomic E-state index is 0.0182. The van der Waals surface area contributed by atoms with E-state index in [1.54, 1.807) is 0 Å². The zero-order chi connectivity index (χ0) is 57.5. The Kier molecular flexibility index (Phi) is 12.6. The van der Waals surface area contributed by atoms with E-state index in [0.29, 0.717) is 0 Å². The maximum absolute atomic E-state index is 2.56. The maximum atomic E-state index is 2.56. The predicted octanol–water partition coefficient (Wildman–Crippen LogP) is 20.7. The van der Waals surface area contributed by atoms with Crippen molar-refractivity contribution in [1.82, 2.24) is 4.57 Å². The summed E-state index contributed by atoms with van der Waals surface area (Å²) < 4.78 is 5.16. The van der Waals surface area contributed by atoms with Crippen molar-refractivity contribution in [3.63, 3.8) is 0 Å². The summed E-state index contributed by atoms with van der Waals surface area (Å²) in [6.07, 6.45) is 0. The third-order valence-electron chi connectivity index (χ3n) is 17.3. The number of aromatic nitrogens is 1. The van der Waals surface area contributed by atoms with Crippen LogP contribution < -0.4 is 26.2 Å². The highest BCUT2D eigenvalue weighted by molar-refractivity contribution is 8.01. The fourth-order valence-electron chi connectivity index (χ4n) is 12.8. The molecule has 0 bridgehead atoms. The Morgan fingerprint density at radius 1 is 0.361 bits per heavy atom. The first-order valence-electron chi connectivity index (χ1n) is 29.3. The van der Waals surface area contributed by atoms with Crippen LogP contribution in [-0.4, -0.2) is 11.3 Å². The first kappa shape index (κ1) is 53.6. The number of hydrogen-bond acceptors (Lipinski definition) is 5. The van der Waals surface area contributed by atoms with Crippen molar-refractivity contribution < 1.29 is 0 Å². The molecule has 0 saturated carbocycles. The van der Waals surface area contributed by atoms with Gasteiger partial charge in [-0.15, -0.1) is 11.3 Å². The van der Waals surface area contributed by atoms with Crippen LogP contribution in [0.25, 0.3) is 47.7 Å². The summed E-state index contributed by atoms with van der Waals surface area (Å²) >= 11 is 5.86. The van der Waals surface area contributed by atoms with Gasteiger partial charge in [0.2, 0.25) is 6.71 Å². The summed E-state index contributed by atoms with van der Waals surface area (Å²) in [6.45, 7) is 27.6. The molecule has 14 rings (SSSR count). The van der Waals surface area contributed by atoms with Gasteiger partial charge < -0.3 is 14.4 Å². The summed E-state index contributed by atoms with van der Waals surface area (Å²) in [5.41, 5.74) is 20.1. The second kappa shape index (κ2) is 19.6. The predicted molar refractivity (Wildman–Crippen MR) is 364 cm³/mol. The summed E-state index contributed by atoms with van der Waals surface area (Å²) in [6, 6.07) is 79.2. The van der Waals surface area contributed by atoms with Crippen LogP contribution in [0.2, 0.25) is 0 Å². The minimum atomic E-state index is -0.0189. The molecule has 10 aromatic carbocycles. The number of rotatable bonds is 7. The van der Waals surface area contributed by atoms with Crippen molar-refractivity contribution in [2.75, 3.05) is 9.80 Å². The van der Waals surface area contributed by atoms with Crippen LogP contribution in [0.15, 0.2) is 226 Å². The molecule has 4 heterocycles. The third-order valence-corrected chi connectivity index (χ3v) is 20.8. The van der Waals surface area contributed by atoms with Crippen LogP contribution in [0.3, 0.4) is 0 Å². The highest BCUT2D eigenvalue weighted by Gasteiger charge is 2.42. The van der Waals surface area contributed by atoms with E-state index in [2.05, 4.69) is 304 Å². The Labute approximate surface area is 503 Å². The smallest absolute Gasteiger partial charge is 0.248 e. The van der Waals surface area contributed by atoms with E-state index >= 15 is 0 Å². The summed E-state index contributed by atoms with van der Waals surface area (Å²) in [5, 5.41) is 5.12. The molecule has 2 aliphatic rings. The molecule has 0 aliphatic carbocycles. The summed E-state index contributed by atoms with van der Waals surface area (Å²) in [7, 11) is 0. The number of anilines is 6. The van der Waals surface area contributed by atoms with E-state index in [1.165, 1.54) is 112 Å². The van der Waals surface area contributed by atoms with Crippen LogP contribution in [0.1, 0.15) is 105 Å². The lowest BCUT2D eigenvalue weighted by molar-refractivity contribution is 0.590. The molecule has 0 unspecified atom stereocenters. The number of thiophene rings is 1. The van der Waals surface area contributed by atoms with Crippen molar-refractivity contribution in [2.45, 2.75) is 124 Å². The molecular weight excluding hydrogens is 1060 g/mol. The van der Waals surface area contributed by atoms with Gasteiger partial charge in [-0.1, -0.05) is 221 Å². The molecule has 0 radical (unpaired) electrons. The maximum Gasteiger partial charge on any atom is 0.248 e. The van der Waals surface area contributed by atoms with Gasteiger partial charge in [0, 0.05) is 84.7 Å². The minimum Gasteiger partial charge on any atom is -0.310 e. The van der Waals surface area contributed by atoms with Gasteiger partial charge in [0.1, 0.15) is 0 Å². The van der Waals surface area contributed by atoms with E-state index in [0.717, 1.165) is 28.4 Å². The van der Waals surface area contributed by atoms with Gasteiger partial charge in [0.25, 0.3) is 0 Å². The second-order valence-electron chi connectivity index (χ2n) is 27.1. The Bertz CT molecular complexity index is 4340. The van der Waals surface area contributed by atoms with Crippen molar-refractivity contribution in [3.05, 3.63) is 229 Å². The van der Waals surface area contributed by atoms with E-state index in [4.69, 9.17) is 0 Å². The lowest BCUT2D eigenvalue weighted by atomic mass is 9.36. The lowest BCUT2D eigenvalue weighted by Crippen LogP contribution is -2.58. The molecule has 0 fully saturated rings. The van der Waals surface area contributed by atoms with Crippen LogP contribution >= 0.6 is 34.9 Å². The van der Waals surface area contributed by atoms with E-state index in [9.17, 15) is 0 Å². The molecule has 7 heteroatoms. The van der Waals surface area contributed by atoms with Gasteiger partial charge in [-0.05, 0) is 152 Å². The Morgan fingerprint density at radius 3 is 1.23 bits per heavy atom. The zero-order valence-electron chi connectivity index (χ0n) is 49.8. The quantitative estimate of drug-likeness (QED) is 0.147. The highest BCUT2D eigenvalue weighted by Crippen LogP contribution is 2.51. The SMILES string of the molecule is CC(C)(C)c1ccc(N(c2ccc(C(C)(C)C)cc2)c2ccc3c(c2)Sc2cc(-n4c5ccccc5c5ccccc54)cc4c2B3c2c(cc(N(c3ccc(C(C)(C)C)cc3)c3ccc(C(C)(C)C)cc3)c3c2sc2ccccc23)S4)cc1. The Hall–Kier alpha value is -7.42. The van der Waals surface area contributed by atoms with Crippen molar-refractivity contribution >= 4 is 134 Å². The standard InChI is InChI=1S/C76H70BN3S3/c1-73(2,3)47-25-33-51(34-26-47)78(52-35-27-48(28-36-52)74(4,5)6)55-41-42-60-65(43-55)81-66-44-56(80-61-22-16-13-19-57(61)58-20-14-17-23-62(58)80)45-67-70(66)77(60)71-68(82-67)46-63(69-59-21-15-18-24-64(59)83-72(69)71)79(53-37-29-49(30-38-53)75(7,8)9)54-39-31-50(32-40-54)76(10,11)12/h13-46H,1-12H3. The number of hydrogen-bond donors (Lipinski definition) is 0. The van der Waals surface area contributed by atoms with E-state index in [1.807, 2.05) is 34.9 Å². The zero-order valence-corrected chi connectivity index (χ0v) is 52.2. The van der Waals surface area contributed by atoms with E-state index in [-0.39, 0.29) is 28.4 Å². The summed E-state index contributed by atoms with van der Waals surface area (Å²) in [4.78, 5) is 10.2. The molecule has 2 aromatic heterocycles. The Morgan fingerprint density at radius 2 is 0.759 bits per heavy atom. The highest BCUT2D eigenvalue weighted by atomic mass is 32.2. The number of benzene rings is 10. The third kappa shape index (κ3) is 9.21. The first-order valence-corrected chi connectivity index (χ1v) is 31.8. The Balaban J connectivity index is 1.03. The van der Waals surface area contributed by atoms with Gasteiger partial charge in [0.15, 0.2) is 0 Å². The van der Waals surface area contributed by atoms with Crippen LogP contribution in [-0.2, 0) is 21.7 Å². The number of fused-ring (bicyclic) bond motifs is 11. The largest absolute Gasteiger partial charge is 0.310 e. The first-order chi connectivity index (χ1) is 39.7. The van der Waals surface area contributed by atoms with Gasteiger partial charge in [-0.2, -0.15) is 0 Å². The van der Waals surface area contributed by atoms with Gasteiger partial charge >= 0.3 is 0 Å². The molecule has 0 spiro atoms. The van der Waals surface area contributed by atoms with Gasteiger partial charge in [-0.3, -0.25) is 0 Å². The van der Waals surface area contributed by atoms with E-state index < -0.39 is 0 Å². The van der Waals surface area contributed by atoms with Crippen LogP contribution in [0.5, 0.6) is 0 Å². The molecule has 83 heavy (non-hydrogen) atoms. The molecule has 0 amide bonds. The fraction of sp³-hybridized carbons (Fsp3) is 0.211. The van der Waals surface area contributed by atoms with Gasteiger partial charge in [-0.25, -0.2) is 0 Å². The van der Waals surface area contributed by atoms with Crippen LogP contribution in [0, 0.1) is 0 Å². The molecule has 0 N–H and O–H groups in total. The molecule has 0 saturated heterocycles. The molecule has 3 nitrogen and oxygen atoms in total. The van der Waals surface area contributed by atoms with Crippen molar-refractivity contribution in [2.24, 2.45) is 0 Å². The van der Waals surface area contributed by atoms with Crippen LogP contribution in [0.4, 0.5) is 34.1 Å². The van der Waals surface area contributed by atoms with Gasteiger partial charge in [0.05, 0.1) is 16.7 Å². The van der Waals surface area contributed by atoms with Crippen molar-refractivity contribution in [3.8, 4) is 5.69 Å². The molecule has 410 valence electrons. The topological polar surface area (TPSA) is 11.4 Å². The molecule has 12 aromatic rings. The number of para-hydroxylation sites is 2. The molecule has 2 aliphatic heterocycles. The molecule has 0 atom stereocenters. The fourth-order valence-corrected chi connectivity index (χ4v) is 16.7. The molecular formula is C76H70BN3S3. The average Bonchev–Trinajstić information content (AvgIpc) is 2.04. The average molecular weight is 1130 g/mol. The number of nitrogens with zero attached hydrogens (tertiary/aromatic N) is 3. The monoisotopic (exact) mass is 1130 g/mol. The lowest BCUT2D eigenvalue weighted by Gasteiger charge is -2.36. The normalized spacial score (nSPS) is 13.4. The van der Waals surface area contributed by atoms with Crippen molar-refractivity contribution in [1.29, 1.82) is 0 Å². The second-order valence-corrected chi connectivity index (χ2v) is 30.3. The summed E-state index contributed by atoms with van der Waals surface area (Å²) in [5.74, 6) is 0.